The van der Waals surface area contributed by atoms with Gasteiger partial charge in [0.05, 0.1) is 6.61 Å². The first-order valence-electron chi connectivity index (χ1n) is 3.54. The second-order valence-corrected chi connectivity index (χ2v) is 2.02. The first-order valence-corrected chi connectivity index (χ1v) is 3.54. The Morgan fingerprint density at radius 3 is 2.75 bits per heavy atom. The molecule has 5 nitrogen and oxygen atoms in total. The molecular weight excluding hydrogens is 160 g/mol. The molecule has 0 saturated heterocycles. The van der Waals surface area contributed by atoms with Crippen LogP contribution in [0.2, 0.25) is 0 Å². The Hall–Kier alpha value is -1.48. The normalized spacial score (nSPS) is 8.42. The van der Waals surface area contributed by atoms with Crippen LogP contribution in [0.25, 0.3) is 5.53 Å². The van der Waals surface area contributed by atoms with Crippen molar-refractivity contribution in [2.75, 3.05) is 6.61 Å². The maximum absolute atomic E-state index is 10.8. The van der Waals surface area contributed by atoms with Gasteiger partial charge in [0.1, 0.15) is 12.8 Å². The van der Waals surface area contributed by atoms with Crippen LogP contribution in [-0.2, 0) is 14.3 Å². The van der Waals surface area contributed by atoms with Crippen molar-refractivity contribution in [1.29, 1.82) is 0 Å². The van der Waals surface area contributed by atoms with Gasteiger partial charge in [-0.1, -0.05) is 0 Å². The number of hydrogen-bond donors (Lipinski definition) is 0. The van der Waals surface area contributed by atoms with E-state index in [2.05, 4.69) is 9.53 Å². The third kappa shape index (κ3) is 5.32. The Labute approximate surface area is 69.9 Å². The van der Waals surface area contributed by atoms with Crippen LogP contribution in [0.5, 0.6) is 0 Å². The number of carbonyl (C=O) groups excluding carboxylic acids is 2. The number of rotatable bonds is 5. The number of nitrogens with zero attached hydrogens (tertiary/aromatic N) is 2. The van der Waals surface area contributed by atoms with Gasteiger partial charge in [0.15, 0.2) is 5.78 Å². The zero-order valence-electron chi connectivity index (χ0n) is 6.82. The molecule has 0 aliphatic carbocycles. The van der Waals surface area contributed by atoms with E-state index >= 15 is 0 Å². The maximum Gasteiger partial charge on any atom is 0.313 e. The number of hydrogen-bond acceptors (Lipinski definition) is 3. The van der Waals surface area contributed by atoms with Gasteiger partial charge in [-0.05, 0) is 6.92 Å². The van der Waals surface area contributed by atoms with E-state index in [0.717, 1.165) is 6.21 Å². The third-order valence-electron chi connectivity index (χ3n) is 1.05. The van der Waals surface area contributed by atoms with Gasteiger partial charge in [0.2, 0.25) is 0 Å². The van der Waals surface area contributed by atoms with Gasteiger partial charge in [0.25, 0.3) is 6.21 Å². The molecule has 0 aromatic carbocycles. The van der Waals surface area contributed by atoms with Crippen molar-refractivity contribution in [3.8, 4) is 0 Å². The topological polar surface area (TPSA) is 79.8 Å². The van der Waals surface area contributed by atoms with Crippen molar-refractivity contribution in [3.05, 3.63) is 5.53 Å². The summed E-state index contributed by atoms with van der Waals surface area (Å²) < 4.78 is 4.53. The molecule has 0 radical (unpaired) electrons. The Balaban J connectivity index is 3.68. The molecule has 12 heavy (non-hydrogen) atoms. The highest BCUT2D eigenvalue weighted by Crippen LogP contribution is 1.90. The van der Waals surface area contributed by atoms with E-state index in [1.807, 2.05) is 0 Å². The molecule has 0 spiro atoms. The predicted octanol–water partition coefficient (Wildman–Crippen LogP) is 0.199. The van der Waals surface area contributed by atoms with Crippen LogP contribution in [0.15, 0.2) is 0 Å². The Kier molecular flexibility index (Phi) is 5.47. The molecule has 0 aliphatic rings. The van der Waals surface area contributed by atoms with Crippen molar-refractivity contribution in [1.82, 2.24) is 0 Å². The summed E-state index contributed by atoms with van der Waals surface area (Å²) in [7, 11) is 0. The van der Waals surface area contributed by atoms with E-state index in [4.69, 9.17) is 5.53 Å². The van der Waals surface area contributed by atoms with Crippen LogP contribution in [0.3, 0.4) is 0 Å². The highest BCUT2D eigenvalue weighted by molar-refractivity contribution is 6.00. The Morgan fingerprint density at radius 2 is 2.25 bits per heavy atom. The lowest BCUT2D eigenvalue weighted by Crippen LogP contribution is -2.11. The summed E-state index contributed by atoms with van der Waals surface area (Å²) in [5.41, 5.74) is 7.95. The average molecular weight is 170 g/mol. The fourth-order valence-corrected chi connectivity index (χ4v) is 0.588. The molecule has 0 amide bonds. The highest BCUT2D eigenvalue weighted by Gasteiger charge is 2.09. The van der Waals surface area contributed by atoms with Crippen LogP contribution in [0.1, 0.15) is 19.8 Å². The van der Waals surface area contributed by atoms with E-state index in [1.54, 1.807) is 6.92 Å². The predicted molar refractivity (Wildman–Crippen MR) is 40.6 cm³/mol. The summed E-state index contributed by atoms with van der Waals surface area (Å²) in [5.74, 6) is -0.875. The smallest absolute Gasteiger partial charge is 0.313 e. The molecule has 0 aliphatic heterocycles. The summed E-state index contributed by atoms with van der Waals surface area (Å²) in [6.07, 6.45) is 0.719. The van der Waals surface area contributed by atoms with Gasteiger partial charge in [-0.3, -0.25) is 9.59 Å². The van der Waals surface area contributed by atoms with E-state index in [1.165, 1.54) is 0 Å². The number of esters is 1. The quantitative estimate of drug-likeness (QED) is 0.194. The summed E-state index contributed by atoms with van der Waals surface area (Å²) >= 11 is 0. The second kappa shape index (κ2) is 6.24. The molecule has 0 aromatic heterocycles. The van der Waals surface area contributed by atoms with Crippen molar-refractivity contribution in [2.24, 2.45) is 0 Å². The second-order valence-electron chi connectivity index (χ2n) is 2.02. The molecule has 0 fully saturated rings. The molecule has 0 heterocycles. The molecule has 0 rings (SSSR count). The van der Waals surface area contributed by atoms with Crippen LogP contribution in [-0.4, -0.2) is 29.4 Å². The number of carbonyl (C=O) groups is 2. The fourth-order valence-electron chi connectivity index (χ4n) is 0.588. The lowest BCUT2D eigenvalue weighted by molar-refractivity contribution is -0.145. The Bertz CT molecular complexity index is 219. The first-order chi connectivity index (χ1) is 5.70. The molecule has 0 bridgehead atoms. The molecule has 5 heteroatoms. The van der Waals surface area contributed by atoms with Crippen LogP contribution in [0, 0.1) is 0 Å². The molecule has 0 saturated carbocycles. The average Bonchev–Trinajstić information content (AvgIpc) is 2.01. The number of ketones is 1. The minimum atomic E-state index is -0.547. The summed E-state index contributed by atoms with van der Waals surface area (Å²) in [6, 6.07) is 0. The van der Waals surface area contributed by atoms with Crippen LogP contribution < -0.4 is 0 Å². The Morgan fingerprint density at radius 1 is 1.58 bits per heavy atom. The molecule has 66 valence electrons. The zero-order valence-corrected chi connectivity index (χ0v) is 6.82. The third-order valence-corrected chi connectivity index (χ3v) is 1.05. The van der Waals surface area contributed by atoms with Gasteiger partial charge in [-0.15, -0.1) is 0 Å². The highest BCUT2D eigenvalue weighted by atomic mass is 16.5. The van der Waals surface area contributed by atoms with Gasteiger partial charge in [-0.2, -0.15) is 4.79 Å². The molecule has 0 atom stereocenters. The molecule has 0 N–H and O–H groups in total. The van der Waals surface area contributed by atoms with Gasteiger partial charge in [-0.25, -0.2) is 0 Å². The van der Waals surface area contributed by atoms with Gasteiger partial charge < -0.3 is 10.3 Å². The lowest BCUT2D eigenvalue weighted by atomic mass is 10.2. The minimum absolute atomic E-state index is 0.0463. The van der Waals surface area contributed by atoms with Crippen molar-refractivity contribution in [2.45, 2.75) is 19.8 Å². The van der Waals surface area contributed by atoms with Crippen molar-refractivity contribution < 1.29 is 19.1 Å². The van der Waals surface area contributed by atoms with Gasteiger partial charge >= 0.3 is 5.97 Å². The van der Waals surface area contributed by atoms with Gasteiger partial charge in [0, 0.05) is 0 Å². The SMILES string of the molecule is CCOC(=O)CC(=O)CC=[N+]=[N-]. The van der Waals surface area contributed by atoms with Crippen LogP contribution in [0.4, 0.5) is 0 Å². The molecule has 0 aromatic rings. The summed E-state index contributed by atoms with van der Waals surface area (Å²) in [4.78, 5) is 24.1. The first kappa shape index (κ1) is 10.5. The largest absolute Gasteiger partial charge is 0.466 e. The summed E-state index contributed by atoms with van der Waals surface area (Å²) in [6.45, 7) is 1.93. The monoisotopic (exact) mass is 170 g/mol. The standard InChI is InChI=1S/C7H10N2O3/c1-2-12-7(11)5-6(10)3-4-9-8/h4H,2-3,5H2,1H3. The molecular formula is C7H10N2O3. The zero-order chi connectivity index (χ0) is 9.40. The van der Waals surface area contributed by atoms with Crippen molar-refractivity contribution in [3.63, 3.8) is 0 Å². The minimum Gasteiger partial charge on any atom is -0.466 e. The number of Topliss-reactive ketones (excluding diaryl/α,β-unsaturated/α-hetero) is 1. The summed E-state index contributed by atoms with van der Waals surface area (Å²) in [5, 5.41) is 0. The fraction of sp³-hybridized carbons (Fsp3) is 0.571. The van der Waals surface area contributed by atoms with E-state index < -0.39 is 5.97 Å². The molecule has 0 unspecified atom stereocenters. The van der Waals surface area contributed by atoms with Crippen LogP contribution >= 0.6 is 0 Å². The maximum atomic E-state index is 10.8. The van der Waals surface area contributed by atoms with E-state index in [-0.39, 0.29) is 25.2 Å². The lowest BCUT2D eigenvalue weighted by Gasteiger charge is -1.97. The van der Waals surface area contributed by atoms with E-state index in [0.29, 0.717) is 0 Å². The van der Waals surface area contributed by atoms with E-state index in [9.17, 15) is 9.59 Å². The van der Waals surface area contributed by atoms with Crippen molar-refractivity contribution >= 4 is 18.0 Å². The number of ether oxygens (including phenoxy) is 1.